The fourth-order valence-corrected chi connectivity index (χ4v) is 1.24. The van der Waals surface area contributed by atoms with Crippen LogP contribution in [0.3, 0.4) is 0 Å². The molecule has 0 radical (unpaired) electrons. The molecule has 0 fully saturated rings. The molecule has 14 heavy (non-hydrogen) atoms. The van der Waals surface area contributed by atoms with Gasteiger partial charge in [0.1, 0.15) is 0 Å². The molecule has 0 bridgehead atoms. The van der Waals surface area contributed by atoms with E-state index in [0.29, 0.717) is 0 Å². The molecular formula is C10H16ClN3. The minimum Gasteiger partial charge on any atom is -0.347 e. The van der Waals surface area contributed by atoms with Crippen molar-refractivity contribution in [2.45, 2.75) is 25.1 Å². The van der Waals surface area contributed by atoms with Gasteiger partial charge in [-0.25, -0.2) is 9.97 Å². The van der Waals surface area contributed by atoms with Crippen molar-refractivity contribution in [2.24, 2.45) is 0 Å². The van der Waals surface area contributed by atoms with Crippen LogP contribution in [0.1, 0.15) is 19.0 Å². The zero-order chi connectivity index (χ0) is 10.6. The molecule has 3 nitrogen and oxygen atoms in total. The van der Waals surface area contributed by atoms with E-state index in [0.717, 1.165) is 24.5 Å². The molecule has 0 saturated heterocycles. The third-order valence-electron chi connectivity index (χ3n) is 1.97. The monoisotopic (exact) mass is 213 g/mol. The summed E-state index contributed by atoms with van der Waals surface area (Å²) in [6.45, 7) is 2.08. The van der Waals surface area contributed by atoms with Gasteiger partial charge in [-0.1, -0.05) is 6.92 Å². The van der Waals surface area contributed by atoms with E-state index in [-0.39, 0.29) is 5.38 Å². The zero-order valence-electron chi connectivity index (χ0n) is 8.87. The first-order valence-corrected chi connectivity index (χ1v) is 5.20. The van der Waals surface area contributed by atoms with E-state index in [4.69, 9.17) is 11.6 Å². The summed E-state index contributed by atoms with van der Waals surface area (Å²) >= 11 is 6.06. The molecule has 0 N–H and O–H groups in total. The van der Waals surface area contributed by atoms with Crippen LogP contribution in [0.2, 0.25) is 0 Å². The summed E-state index contributed by atoms with van der Waals surface area (Å²) in [4.78, 5) is 10.4. The maximum atomic E-state index is 6.06. The van der Waals surface area contributed by atoms with Crippen LogP contribution in [0.15, 0.2) is 12.3 Å². The lowest BCUT2D eigenvalue weighted by Crippen LogP contribution is -2.14. The Bertz CT molecular complexity index is 288. The van der Waals surface area contributed by atoms with E-state index in [9.17, 15) is 0 Å². The van der Waals surface area contributed by atoms with Crippen LogP contribution >= 0.6 is 11.6 Å². The second-order valence-electron chi connectivity index (χ2n) is 3.45. The Morgan fingerprint density at radius 3 is 2.79 bits per heavy atom. The van der Waals surface area contributed by atoms with E-state index in [1.165, 1.54) is 0 Å². The average Bonchev–Trinajstić information content (AvgIpc) is 2.18. The molecule has 1 heterocycles. The highest BCUT2D eigenvalue weighted by atomic mass is 35.5. The molecule has 0 aromatic carbocycles. The normalized spacial score (nSPS) is 12.6. The van der Waals surface area contributed by atoms with Crippen molar-refractivity contribution >= 4 is 17.5 Å². The Hall–Kier alpha value is -0.830. The van der Waals surface area contributed by atoms with E-state index in [1.807, 2.05) is 25.1 Å². The molecule has 0 aliphatic rings. The fraction of sp³-hybridized carbons (Fsp3) is 0.600. The number of halogens is 1. The number of nitrogens with zero attached hydrogens (tertiary/aromatic N) is 3. The van der Waals surface area contributed by atoms with Gasteiger partial charge in [-0.2, -0.15) is 0 Å². The van der Waals surface area contributed by atoms with Crippen LogP contribution in [-0.4, -0.2) is 29.4 Å². The number of anilines is 1. The second-order valence-corrected chi connectivity index (χ2v) is 4.07. The predicted molar refractivity (Wildman–Crippen MR) is 60.0 cm³/mol. The van der Waals surface area contributed by atoms with Gasteiger partial charge in [0.15, 0.2) is 0 Å². The van der Waals surface area contributed by atoms with Crippen molar-refractivity contribution in [3.8, 4) is 0 Å². The van der Waals surface area contributed by atoms with Crippen molar-refractivity contribution in [1.29, 1.82) is 0 Å². The Morgan fingerprint density at radius 1 is 1.50 bits per heavy atom. The number of hydrogen-bond acceptors (Lipinski definition) is 3. The quantitative estimate of drug-likeness (QED) is 0.718. The molecule has 1 unspecified atom stereocenters. The van der Waals surface area contributed by atoms with E-state index >= 15 is 0 Å². The van der Waals surface area contributed by atoms with Crippen molar-refractivity contribution in [3.05, 3.63) is 18.0 Å². The number of hydrogen-bond donors (Lipinski definition) is 0. The lowest BCUT2D eigenvalue weighted by molar-refractivity contribution is 0.780. The Morgan fingerprint density at radius 2 is 2.21 bits per heavy atom. The zero-order valence-corrected chi connectivity index (χ0v) is 9.62. The van der Waals surface area contributed by atoms with Gasteiger partial charge in [0, 0.05) is 37.8 Å². The summed E-state index contributed by atoms with van der Waals surface area (Å²) in [5.74, 6) is 0.738. The van der Waals surface area contributed by atoms with Gasteiger partial charge >= 0.3 is 0 Å². The summed E-state index contributed by atoms with van der Waals surface area (Å²) < 4.78 is 0. The fourth-order valence-electron chi connectivity index (χ4n) is 1.08. The highest BCUT2D eigenvalue weighted by Crippen LogP contribution is 2.10. The third kappa shape index (κ3) is 3.14. The van der Waals surface area contributed by atoms with Gasteiger partial charge < -0.3 is 4.90 Å². The molecule has 0 aliphatic carbocycles. The number of aromatic nitrogens is 2. The molecule has 4 heteroatoms. The smallest absolute Gasteiger partial charge is 0.224 e. The minimum atomic E-state index is 0.167. The van der Waals surface area contributed by atoms with Crippen molar-refractivity contribution in [3.63, 3.8) is 0 Å². The minimum absolute atomic E-state index is 0.167. The van der Waals surface area contributed by atoms with Gasteiger partial charge in [0.05, 0.1) is 0 Å². The van der Waals surface area contributed by atoms with Crippen LogP contribution < -0.4 is 4.90 Å². The lowest BCUT2D eigenvalue weighted by atomic mass is 10.2. The molecule has 1 atom stereocenters. The van der Waals surface area contributed by atoms with Crippen LogP contribution in [0, 0.1) is 0 Å². The Balaban J connectivity index is 2.73. The van der Waals surface area contributed by atoms with E-state index in [2.05, 4.69) is 16.9 Å². The van der Waals surface area contributed by atoms with Gasteiger partial charge in [0.25, 0.3) is 0 Å². The summed E-state index contributed by atoms with van der Waals surface area (Å²) in [7, 11) is 3.86. The van der Waals surface area contributed by atoms with Crippen LogP contribution in [0.25, 0.3) is 0 Å². The standard InChI is InChI=1S/C10H16ClN3/c1-4-8(11)7-9-5-6-12-10(13-9)14(2)3/h5-6,8H,4,7H2,1-3H3. The lowest BCUT2D eigenvalue weighted by Gasteiger charge is -2.11. The topological polar surface area (TPSA) is 29.0 Å². The largest absolute Gasteiger partial charge is 0.347 e. The molecule has 0 saturated carbocycles. The van der Waals surface area contributed by atoms with Crippen molar-refractivity contribution in [1.82, 2.24) is 9.97 Å². The molecule has 1 aromatic heterocycles. The summed E-state index contributed by atoms with van der Waals surface area (Å²) in [6, 6.07) is 1.91. The maximum Gasteiger partial charge on any atom is 0.224 e. The number of alkyl halides is 1. The Labute approximate surface area is 90.1 Å². The molecule has 78 valence electrons. The van der Waals surface area contributed by atoms with Crippen molar-refractivity contribution in [2.75, 3.05) is 19.0 Å². The van der Waals surface area contributed by atoms with Gasteiger partial charge in [-0.15, -0.1) is 11.6 Å². The summed E-state index contributed by atoms with van der Waals surface area (Å²) in [6.07, 6.45) is 3.54. The summed E-state index contributed by atoms with van der Waals surface area (Å²) in [5, 5.41) is 0.167. The van der Waals surface area contributed by atoms with Crippen molar-refractivity contribution < 1.29 is 0 Å². The molecule has 0 aliphatic heterocycles. The maximum absolute atomic E-state index is 6.06. The molecule has 0 amide bonds. The summed E-state index contributed by atoms with van der Waals surface area (Å²) in [5.41, 5.74) is 1.01. The van der Waals surface area contributed by atoms with Crippen LogP contribution in [-0.2, 0) is 6.42 Å². The SMILES string of the molecule is CCC(Cl)Cc1ccnc(N(C)C)n1. The molecule has 1 rings (SSSR count). The average molecular weight is 214 g/mol. The number of rotatable bonds is 4. The first kappa shape index (κ1) is 11.2. The molecular weight excluding hydrogens is 198 g/mol. The highest BCUT2D eigenvalue weighted by Gasteiger charge is 2.06. The highest BCUT2D eigenvalue weighted by molar-refractivity contribution is 6.20. The molecule has 0 spiro atoms. The van der Waals surface area contributed by atoms with Crippen LogP contribution in [0.5, 0.6) is 0 Å². The van der Waals surface area contributed by atoms with Crippen LogP contribution in [0.4, 0.5) is 5.95 Å². The van der Waals surface area contributed by atoms with Gasteiger partial charge in [-0.05, 0) is 12.5 Å². The van der Waals surface area contributed by atoms with Gasteiger partial charge in [-0.3, -0.25) is 0 Å². The third-order valence-corrected chi connectivity index (χ3v) is 2.44. The first-order valence-electron chi connectivity index (χ1n) is 4.76. The van der Waals surface area contributed by atoms with E-state index in [1.54, 1.807) is 6.20 Å². The molecule has 1 aromatic rings. The predicted octanol–water partition coefficient (Wildman–Crippen LogP) is 2.10. The Kier molecular flexibility index (Phi) is 4.14. The first-order chi connectivity index (χ1) is 6.63. The second kappa shape index (κ2) is 5.15. The van der Waals surface area contributed by atoms with E-state index < -0.39 is 0 Å². The van der Waals surface area contributed by atoms with Gasteiger partial charge in [0.2, 0.25) is 5.95 Å².